The number of nitrogens with two attached hydrogens (primary N) is 1. The van der Waals surface area contributed by atoms with E-state index in [4.69, 9.17) is 10.5 Å². The lowest BCUT2D eigenvalue weighted by Crippen LogP contribution is -2.49. The van der Waals surface area contributed by atoms with Gasteiger partial charge in [-0.15, -0.1) is 0 Å². The summed E-state index contributed by atoms with van der Waals surface area (Å²) < 4.78 is 37.4. The molecule has 1 aromatic carbocycles. The van der Waals surface area contributed by atoms with Gasteiger partial charge in [0.15, 0.2) is 0 Å². The molecule has 5 atom stereocenters. The number of benzene rings is 1. The first-order valence-electron chi connectivity index (χ1n) is 9.85. The molecule has 0 bridgehead atoms. The van der Waals surface area contributed by atoms with E-state index < -0.39 is 17.7 Å². The van der Waals surface area contributed by atoms with Crippen molar-refractivity contribution < 1.29 is 23.0 Å². The third-order valence-electron chi connectivity index (χ3n) is 5.49. The number of amidine groups is 1. The Hall–Kier alpha value is -2.10. The van der Waals surface area contributed by atoms with Gasteiger partial charge in [-0.25, -0.2) is 8.78 Å². The van der Waals surface area contributed by atoms with Gasteiger partial charge in [0.2, 0.25) is 0 Å². The van der Waals surface area contributed by atoms with Crippen molar-refractivity contribution in [3.63, 3.8) is 0 Å². The molecule has 4 rings (SSSR count). The molecular weight excluding hydrogens is 382 g/mol. The molecule has 0 amide bonds. The van der Waals surface area contributed by atoms with Crippen molar-refractivity contribution in [1.29, 1.82) is 0 Å². The van der Waals surface area contributed by atoms with Crippen molar-refractivity contribution in [1.82, 2.24) is 10.2 Å². The van der Waals surface area contributed by atoms with E-state index in [1.807, 2.05) is 6.92 Å². The summed E-state index contributed by atoms with van der Waals surface area (Å²) in [6, 6.07) is 3.89. The van der Waals surface area contributed by atoms with Crippen LogP contribution in [0.25, 0.3) is 0 Å². The number of ether oxygens (including phenoxy) is 2. The fourth-order valence-corrected chi connectivity index (χ4v) is 4.16. The molecule has 4 unspecified atom stereocenters. The smallest absolute Gasteiger partial charge is 0.293 e. The number of hydrogen-bond acceptors (Lipinski definition) is 7. The van der Waals surface area contributed by atoms with Gasteiger partial charge in [0.1, 0.15) is 17.7 Å². The van der Waals surface area contributed by atoms with Gasteiger partial charge in [0.25, 0.3) is 6.47 Å². The Morgan fingerprint density at radius 3 is 2.83 bits per heavy atom. The second-order valence-electron chi connectivity index (χ2n) is 7.51. The van der Waals surface area contributed by atoms with Crippen molar-refractivity contribution >= 4 is 12.3 Å². The predicted molar refractivity (Wildman–Crippen MR) is 105 cm³/mol. The van der Waals surface area contributed by atoms with Gasteiger partial charge in [0.05, 0.1) is 31.1 Å². The molecule has 2 saturated heterocycles. The molecule has 3 N–H and O–H groups in total. The van der Waals surface area contributed by atoms with E-state index in [9.17, 15) is 13.6 Å². The van der Waals surface area contributed by atoms with E-state index in [0.29, 0.717) is 38.2 Å². The highest BCUT2D eigenvalue weighted by atomic mass is 19.1. The topological polar surface area (TPSA) is 89.2 Å². The molecule has 9 heteroatoms. The Morgan fingerprint density at radius 2 is 2.21 bits per heavy atom. The zero-order chi connectivity index (χ0) is 21.0. The monoisotopic (exact) mass is 410 g/mol. The minimum absolute atomic E-state index is 0.191. The van der Waals surface area contributed by atoms with E-state index in [1.165, 1.54) is 6.07 Å². The first-order chi connectivity index (χ1) is 13.9. The van der Waals surface area contributed by atoms with Crippen LogP contribution in [0.3, 0.4) is 0 Å². The zero-order valence-corrected chi connectivity index (χ0v) is 16.7. The summed E-state index contributed by atoms with van der Waals surface area (Å²) >= 11 is 0. The minimum atomic E-state index is -0.600. The summed E-state index contributed by atoms with van der Waals surface area (Å²) in [5.41, 5.74) is 6.45. The molecule has 3 aliphatic heterocycles. The number of nitrogens with zero attached hydrogens (tertiary/aromatic N) is 2. The Labute approximate surface area is 169 Å². The molecule has 0 aromatic heterocycles. The van der Waals surface area contributed by atoms with Gasteiger partial charge in [-0.1, -0.05) is 0 Å². The number of fused-ring (bicyclic) bond motifs is 1. The Kier molecular flexibility index (Phi) is 7.15. The summed E-state index contributed by atoms with van der Waals surface area (Å²) in [6.07, 6.45) is 0.0976. The molecule has 160 valence electrons. The lowest BCUT2D eigenvalue weighted by molar-refractivity contribution is -0.128. The lowest BCUT2D eigenvalue weighted by atomic mass is 9.93. The third kappa shape index (κ3) is 5.09. The second kappa shape index (κ2) is 9.60. The third-order valence-corrected chi connectivity index (χ3v) is 5.49. The van der Waals surface area contributed by atoms with Gasteiger partial charge in [0, 0.05) is 30.7 Å². The number of aliphatic imine (C=N–C) groups is 1. The van der Waals surface area contributed by atoms with Crippen LogP contribution in [0, 0.1) is 11.6 Å². The number of rotatable bonds is 4. The number of likely N-dealkylation sites (tertiary alicyclic amines) is 1. The van der Waals surface area contributed by atoms with Crippen LogP contribution in [-0.2, 0) is 14.3 Å². The van der Waals surface area contributed by atoms with Gasteiger partial charge < -0.3 is 20.5 Å². The molecule has 0 spiro atoms. The molecular formula is C20H28F2N4O3. The van der Waals surface area contributed by atoms with Crippen molar-refractivity contribution in [2.24, 2.45) is 10.7 Å². The number of hydrogen-bond donors (Lipinski definition) is 2. The highest BCUT2D eigenvalue weighted by molar-refractivity contribution is 5.82. The molecule has 7 nitrogen and oxygen atoms in total. The first-order valence-corrected chi connectivity index (χ1v) is 9.85. The van der Waals surface area contributed by atoms with E-state index in [-0.39, 0.29) is 17.6 Å². The summed E-state index contributed by atoms with van der Waals surface area (Å²) in [4.78, 5) is 16.1. The van der Waals surface area contributed by atoms with Crippen LogP contribution in [0.15, 0.2) is 23.2 Å². The maximum atomic E-state index is 14.0. The van der Waals surface area contributed by atoms with E-state index in [0.717, 1.165) is 31.1 Å². The quantitative estimate of drug-likeness (QED) is 0.729. The largest absolute Gasteiger partial charge is 0.468 e. The average Bonchev–Trinajstić information content (AvgIpc) is 3.22. The zero-order valence-electron chi connectivity index (χ0n) is 16.7. The molecule has 3 heterocycles. The van der Waals surface area contributed by atoms with Crippen LogP contribution in [-0.4, -0.2) is 67.7 Å². The molecule has 2 fully saturated rings. The van der Waals surface area contributed by atoms with E-state index >= 15 is 0 Å². The summed E-state index contributed by atoms with van der Waals surface area (Å²) in [5, 5.41) is 3.39. The number of halogens is 2. The molecule has 1 aromatic rings. The molecule has 0 aliphatic carbocycles. The van der Waals surface area contributed by atoms with Crippen LogP contribution in [0.4, 0.5) is 8.78 Å². The fraction of sp³-hybridized carbons (Fsp3) is 0.600. The van der Waals surface area contributed by atoms with Gasteiger partial charge in [-0.2, -0.15) is 0 Å². The Bertz CT molecular complexity index is 748. The highest BCUT2D eigenvalue weighted by Gasteiger charge is 2.42. The van der Waals surface area contributed by atoms with Crippen molar-refractivity contribution in [3.05, 3.63) is 35.4 Å². The SMILES string of the molecule is CC1=NC2CN(C3CO[C@H](c4cc(F)ccc4F)C(N)C3)CC2N1.CCOC=O. The predicted octanol–water partition coefficient (Wildman–Crippen LogP) is 1.38. The van der Waals surface area contributed by atoms with Crippen LogP contribution in [0.1, 0.15) is 31.9 Å². The molecule has 0 radical (unpaired) electrons. The fourth-order valence-electron chi connectivity index (χ4n) is 4.16. The first kappa shape index (κ1) is 21.6. The summed E-state index contributed by atoms with van der Waals surface area (Å²) in [6.45, 7) is 6.91. The van der Waals surface area contributed by atoms with Gasteiger partial charge in [-0.05, 0) is 38.5 Å². The summed E-state index contributed by atoms with van der Waals surface area (Å²) in [7, 11) is 0. The standard InChI is InChI=1S/C17H22F2N4O.C3H6O2/c1-9-21-15-6-23(7-16(15)22-9)11-5-14(20)17(24-8-11)12-4-10(18)2-3-13(12)19;1-2-5-3-4/h2-4,11,14-17H,5-8,20H2,1H3,(H,21,22);3H,2H2,1H3/t11?,14?,15?,16?,17-;/m1./s1. The molecule has 29 heavy (non-hydrogen) atoms. The maximum absolute atomic E-state index is 14.0. The normalized spacial score (nSPS) is 31.2. The van der Waals surface area contributed by atoms with E-state index in [2.05, 4.69) is 19.9 Å². The average molecular weight is 410 g/mol. The van der Waals surface area contributed by atoms with Gasteiger partial charge in [-0.3, -0.25) is 14.7 Å². The van der Waals surface area contributed by atoms with Crippen molar-refractivity contribution in [2.75, 3.05) is 26.3 Å². The number of carbonyl (C=O) groups is 1. The van der Waals surface area contributed by atoms with Crippen molar-refractivity contribution in [2.45, 2.75) is 50.5 Å². The van der Waals surface area contributed by atoms with E-state index in [1.54, 1.807) is 6.92 Å². The van der Waals surface area contributed by atoms with Crippen LogP contribution in [0.5, 0.6) is 0 Å². The molecule has 3 aliphatic rings. The second-order valence-corrected chi connectivity index (χ2v) is 7.51. The van der Waals surface area contributed by atoms with Gasteiger partial charge >= 0.3 is 0 Å². The number of carbonyl (C=O) groups excluding carboxylic acids is 1. The van der Waals surface area contributed by atoms with Crippen LogP contribution < -0.4 is 11.1 Å². The maximum Gasteiger partial charge on any atom is 0.293 e. The van der Waals surface area contributed by atoms with Crippen LogP contribution in [0.2, 0.25) is 0 Å². The lowest BCUT2D eigenvalue weighted by Gasteiger charge is -2.38. The number of nitrogens with one attached hydrogen (secondary N) is 1. The van der Waals surface area contributed by atoms with Crippen LogP contribution >= 0.6 is 0 Å². The highest BCUT2D eigenvalue weighted by Crippen LogP contribution is 2.33. The molecule has 0 saturated carbocycles. The van der Waals surface area contributed by atoms with Crippen molar-refractivity contribution in [3.8, 4) is 0 Å². The Morgan fingerprint density at radius 1 is 1.41 bits per heavy atom. The Balaban J connectivity index is 0.000000431. The minimum Gasteiger partial charge on any atom is -0.468 e. The summed E-state index contributed by atoms with van der Waals surface area (Å²) in [5.74, 6) is 0.0545.